The molecule has 0 saturated carbocycles. The molecule has 0 radical (unpaired) electrons. The summed E-state index contributed by atoms with van der Waals surface area (Å²) in [5.41, 5.74) is 11.3. The summed E-state index contributed by atoms with van der Waals surface area (Å²) in [5, 5.41) is 32.3. The van der Waals surface area contributed by atoms with Gasteiger partial charge in [-0.25, -0.2) is 4.79 Å². The lowest BCUT2D eigenvalue weighted by molar-refractivity contribution is 0.0141. The molecule has 0 aromatic heterocycles. The number of nitriles is 1. The first-order chi connectivity index (χ1) is 16.0. The number of rotatable bonds is 7. The maximum atomic E-state index is 12.2. The summed E-state index contributed by atoms with van der Waals surface area (Å²) in [5.74, 6) is -0.0362. The van der Waals surface area contributed by atoms with Gasteiger partial charge in [0.05, 0.1) is 17.7 Å². The van der Waals surface area contributed by atoms with Crippen molar-refractivity contribution in [3.05, 3.63) is 89.0 Å². The summed E-state index contributed by atoms with van der Waals surface area (Å²) in [6.45, 7) is 0.301. The highest BCUT2D eigenvalue weighted by molar-refractivity contribution is 5.79. The Kier molecular flexibility index (Phi) is 6.59. The molecule has 1 aliphatic rings. The largest absolute Gasteiger partial charge is 0.449 e. The minimum Gasteiger partial charge on any atom is -0.449 e. The number of carbonyl (C=O) groups is 1. The van der Waals surface area contributed by atoms with Gasteiger partial charge in [0.2, 0.25) is 0 Å². The van der Waals surface area contributed by atoms with Crippen molar-refractivity contribution in [3.8, 4) is 17.2 Å². The van der Waals surface area contributed by atoms with Gasteiger partial charge in [0.1, 0.15) is 12.7 Å². The maximum Gasteiger partial charge on any atom is 0.407 e. The summed E-state index contributed by atoms with van der Waals surface area (Å²) >= 11 is 0. The predicted octanol–water partition coefficient (Wildman–Crippen LogP) is 3.46. The quantitative estimate of drug-likeness (QED) is 0.414. The molecule has 0 heterocycles. The van der Waals surface area contributed by atoms with Crippen LogP contribution in [0.3, 0.4) is 0 Å². The number of benzene rings is 3. The molecule has 0 spiro atoms. The third-order valence-electron chi connectivity index (χ3n) is 5.95. The van der Waals surface area contributed by atoms with Gasteiger partial charge in [-0.3, -0.25) is 0 Å². The van der Waals surface area contributed by atoms with Crippen molar-refractivity contribution in [1.82, 2.24) is 5.32 Å². The van der Waals surface area contributed by atoms with Crippen LogP contribution in [0.15, 0.2) is 66.7 Å². The number of nitrogens with one attached hydrogen (secondary N) is 1. The number of aliphatic hydroxyl groups is 2. The van der Waals surface area contributed by atoms with Gasteiger partial charge in [-0.2, -0.15) is 5.26 Å². The van der Waals surface area contributed by atoms with E-state index in [-0.39, 0.29) is 36.7 Å². The molecule has 33 heavy (non-hydrogen) atoms. The molecule has 0 fully saturated rings. The molecule has 7 nitrogen and oxygen atoms in total. The summed E-state index contributed by atoms with van der Waals surface area (Å²) < 4.78 is 5.47. The molecule has 1 amide bonds. The zero-order valence-electron chi connectivity index (χ0n) is 17.9. The standard InChI is InChI=1S/C26H25N3O4/c27-14-16-9-10-23(28)21(13-16)25(31)24(30)11-12-29-26(32)33-15-22-19-7-3-1-5-17(19)18-6-2-4-8-20(18)22/h1-10,13,22,24-25,30-31H,11-12,15,28H2,(H,29,32). The highest BCUT2D eigenvalue weighted by Crippen LogP contribution is 2.44. The fourth-order valence-corrected chi connectivity index (χ4v) is 4.24. The molecule has 3 aromatic rings. The molecule has 0 saturated heterocycles. The Morgan fingerprint density at radius 1 is 1.06 bits per heavy atom. The summed E-state index contributed by atoms with van der Waals surface area (Å²) in [6.07, 6.45) is -2.95. The van der Waals surface area contributed by atoms with Gasteiger partial charge >= 0.3 is 6.09 Å². The molecular weight excluding hydrogens is 418 g/mol. The normalized spacial score (nSPS) is 14.0. The molecule has 3 aromatic carbocycles. The second-order valence-corrected chi connectivity index (χ2v) is 8.01. The molecule has 2 unspecified atom stereocenters. The minimum absolute atomic E-state index is 0.0362. The predicted molar refractivity (Wildman–Crippen MR) is 124 cm³/mol. The zero-order chi connectivity index (χ0) is 23.4. The lowest BCUT2D eigenvalue weighted by atomic mass is 9.98. The fourth-order valence-electron chi connectivity index (χ4n) is 4.24. The molecule has 0 bridgehead atoms. The molecule has 0 aliphatic heterocycles. The average molecular weight is 444 g/mol. The third kappa shape index (κ3) is 4.67. The van der Waals surface area contributed by atoms with Crippen LogP contribution in [0, 0.1) is 11.3 Å². The Labute approximate surface area is 192 Å². The van der Waals surface area contributed by atoms with Gasteiger partial charge in [-0.15, -0.1) is 0 Å². The molecule has 168 valence electrons. The van der Waals surface area contributed by atoms with Gasteiger partial charge in [-0.1, -0.05) is 48.5 Å². The second kappa shape index (κ2) is 9.74. The summed E-state index contributed by atoms with van der Waals surface area (Å²) in [7, 11) is 0. The number of alkyl carbamates (subject to hydrolysis) is 1. The van der Waals surface area contributed by atoms with E-state index in [4.69, 9.17) is 15.7 Å². The lowest BCUT2D eigenvalue weighted by Gasteiger charge is -2.20. The Hall–Kier alpha value is -3.86. The SMILES string of the molecule is N#Cc1ccc(N)c(C(O)C(O)CCNC(=O)OCC2c3ccccc3-c3ccccc32)c1. The first kappa shape index (κ1) is 22.3. The van der Waals surface area contributed by atoms with Crippen LogP contribution in [-0.4, -0.2) is 35.6 Å². The van der Waals surface area contributed by atoms with E-state index in [1.54, 1.807) is 0 Å². The number of nitrogens with zero attached hydrogens (tertiary/aromatic N) is 1. The van der Waals surface area contributed by atoms with E-state index in [0.717, 1.165) is 22.3 Å². The monoisotopic (exact) mass is 443 g/mol. The average Bonchev–Trinajstić information content (AvgIpc) is 3.16. The van der Waals surface area contributed by atoms with Crippen LogP contribution in [0.25, 0.3) is 11.1 Å². The van der Waals surface area contributed by atoms with Crippen LogP contribution in [0.1, 0.15) is 40.7 Å². The maximum absolute atomic E-state index is 12.2. The van der Waals surface area contributed by atoms with E-state index in [1.807, 2.05) is 42.5 Å². The van der Waals surface area contributed by atoms with Crippen LogP contribution in [0.4, 0.5) is 10.5 Å². The van der Waals surface area contributed by atoms with Crippen molar-refractivity contribution in [1.29, 1.82) is 5.26 Å². The van der Waals surface area contributed by atoms with Crippen molar-refractivity contribution >= 4 is 11.8 Å². The van der Waals surface area contributed by atoms with E-state index in [1.165, 1.54) is 18.2 Å². The number of ether oxygens (including phenoxy) is 1. The van der Waals surface area contributed by atoms with Crippen LogP contribution in [-0.2, 0) is 4.74 Å². The molecule has 4 rings (SSSR count). The Morgan fingerprint density at radius 2 is 1.70 bits per heavy atom. The molecular formula is C26H25N3O4. The fraction of sp³-hybridized carbons (Fsp3) is 0.231. The Balaban J connectivity index is 1.30. The highest BCUT2D eigenvalue weighted by Gasteiger charge is 2.29. The van der Waals surface area contributed by atoms with Crippen molar-refractivity contribution in [3.63, 3.8) is 0 Å². The Morgan fingerprint density at radius 3 is 2.33 bits per heavy atom. The van der Waals surface area contributed by atoms with Gasteiger partial charge in [0, 0.05) is 23.7 Å². The van der Waals surface area contributed by atoms with Gasteiger partial charge in [0.15, 0.2) is 0 Å². The highest BCUT2D eigenvalue weighted by atomic mass is 16.5. The number of anilines is 1. The van der Waals surface area contributed by atoms with Crippen molar-refractivity contribution in [2.24, 2.45) is 0 Å². The van der Waals surface area contributed by atoms with E-state index in [2.05, 4.69) is 17.4 Å². The Bertz CT molecular complexity index is 1160. The number of hydrogen-bond acceptors (Lipinski definition) is 6. The first-order valence-electron chi connectivity index (χ1n) is 10.7. The number of hydrogen-bond donors (Lipinski definition) is 4. The molecule has 7 heteroatoms. The van der Waals surface area contributed by atoms with E-state index >= 15 is 0 Å². The van der Waals surface area contributed by atoms with E-state index in [9.17, 15) is 15.0 Å². The van der Waals surface area contributed by atoms with E-state index < -0.39 is 18.3 Å². The number of amides is 1. The summed E-state index contributed by atoms with van der Waals surface area (Å²) in [6, 6.07) is 22.6. The second-order valence-electron chi connectivity index (χ2n) is 8.01. The summed E-state index contributed by atoms with van der Waals surface area (Å²) in [4.78, 5) is 12.2. The number of nitrogens with two attached hydrogens (primary N) is 1. The smallest absolute Gasteiger partial charge is 0.407 e. The van der Waals surface area contributed by atoms with Crippen LogP contribution < -0.4 is 11.1 Å². The van der Waals surface area contributed by atoms with E-state index in [0.29, 0.717) is 5.56 Å². The number of carbonyl (C=O) groups excluding carboxylic acids is 1. The first-order valence-corrected chi connectivity index (χ1v) is 10.7. The van der Waals surface area contributed by atoms with Gasteiger partial charge < -0.3 is 26.0 Å². The lowest BCUT2D eigenvalue weighted by Crippen LogP contribution is -2.30. The van der Waals surface area contributed by atoms with Crippen molar-refractivity contribution < 1.29 is 19.7 Å². The molecule has 5 N–H and O–H groups in total. The number of fused-ring (bicyclic) bond motifs is 3. The zero-order valence-corrected chi connectivity index (χ0v) is 17.9. The van der Waals surface area contributed by atoms with Crippen molar-refractivity contribution in [2.75, 3.05) is 18.9 Å². The topological polar surface area (TPSA) is 129 Å². The number of nitrogen functional groups attached to an aromatic ring is 1. The van der Waals surface area contributed by atoms with Gasteiger partial charge in [-0.05, 0) is 46.9 Å². The van der Waals surface area contributed by atoms with Crippen LogP contribution in [0.5, 0.6) is 0 Å². The minimum atomic E-state index is -1.28. The van der Waals surface area contributed by atoms with Crippen LogP contribution in [0.2, 0.25) is 0 Å². The molecule has 2 atom stereocenters. The van der Waals surface area contributed by atoms with Crippen LogP contribution >= 0.6 is 0 Å². The third-order valence-corrected chi connectivity index (χ3v) is 5.95. The molecule has 1 aliphatic carbocycles. The van der Waals surface area contributed by atoms with Gasteiger partial charge in [0.25, 0.3) is 0 Å². The van der Waals surface area contributed by atoms with Crippen molar-refractivity contribution in [2.45, 2.75) is 24.5 Å². The number of aliphatic hydroxyl groups excluding tert-OH is 2.